The van der Waals surface area contributed by atoms with E-state index in [1.807, 2.05) is 24.3 Å². The number of benzene rings is 2. The normalized spacial score (nSPS) is 23.2. The van der Waals surface area contributed by atoms with Gasteiger partial charge in [-0.1, -0.05) is 47.5 Å². The highest BCUT2D eigenvalue weighted by Gasteiger charge is 2.49. The molecule has 1 aliphatic heterocycles. The third-order valence-corrected chi connectivity index (χ3v) is 8.27. The van der Waals surface area contributed by atoms with Crippen molar-refractivity contribution in [3.63, 3.8) is 0 Å². The Morgan fingerprint density at radius 1 is 1.24 bits per heavy atom. The summed E-state index contributed by atoms with van der Waals surface area (Å²) < 4.78 is 33.8. The lowest BCUT2D eigenvalue weighted by molar-refractivity contribution is -0.131. The molecule has 2 aromatic carbocycles. The summed E-state index contributed by atoms with van der Waals surface area (Å²) in [6.45, 7) is 1.38. The SMILES string of the molecule is C[C@](NC(=O)CC1=CC(F)([C@H]2CCc3ccccc3SN2)C(=O)C(F)=C1)(C(N)=O)c1ccc(Cl)c(Cl)c1. The molecule has 0 saturated heterocycles. The van der Waals surface area contributed by atoms with E-state index in [0.29, 0.717) is 6.42 Å². The third-order valence-electron chi connectivity index (χ3n) is 6.51. The molecule has 1 heterocycles. The van der Waals surface area contributed by atoms with Gasteiger partial charge >= 0.3 is 0 Å². The highest BCUT2D eigenvalue weighted by molar-refractivity contribution is 7.97. The smallest absolute Gasteiger partial charge is 0.247 e. The molecule has 11 heteroatoms. The fourth-order valence-corrected chi connectivity index (χ4v) is 5.64. The van der Waals surface area contributed by atoms with Crippen LogP contribution in [0.15, 0.2) is 70.9 Å². The van der Waals surface area contributed by atoms with Crippen molar-refractivity contribution in [2.75, 3.05) is 0 Å². The van der Waals surface area contributed by atoms with Crippen molar-refractivity contribution in [3.05, 3.63) is 87.2 Å². The van der Waals surface area contributed by atoms with E-state index in [9.17, 15) is 18.8 Å². The number of nitrogens with two attached hydrogens (primary N) is 1. The van der Waals surface area contributed by atoms with Crippen molar-refractivity contribution in [3.8, 4) is 0 Å². The Labute approximate surface area is 226 Å². The van der Waals surface area contributed by atoms with Crippen molar-refractivity contribution < 1.29 is 23.2 Å². The van der Waals surface area contributed by atoms with Crippen LogP contribution in [0.25, 0.3) is 0 Å². The number of amides is 2. The number of nitrogens with one attached hydrogen (secondary N) is 2. The minimum absolute atomic E-state index is 0.0494. The van der Waals surface area contributed by atoms with Crippen LogP contribution in [0.5, 0.6) is 0 Å². The van der Waals surface area contributed by atoms with Crippen LogP contribution >= 0.6 is 35.1 Å². The second kappa shape index (κ2) is 10.6. The number of ketones is 1. The van der Waals surface area contributed by atoms with Gasteiger partial charge < -0.3 is 11.1 Å². The zero-order valence-electron chi connectivity index (χ0n) is 19.6. The summed E-state index contributed by atoms with van der Waals surface area (Å²) in [7, 11) is 0. The predicted octanol–water partition coefficient (Wildman–Crippen LogP) is 4.88. The first kappa shape index (κ1) is 27.3. The zero-order chi connectivity index (χ0) is 27.0. The molecule has 2 amide bonds. The number of allylic oxidation sites excluding steroid dienone is 2. The second-order valence-electron chi connectivity index (χ2n) is 9.07. The van der Waals surface area contributed by atoms with Crippen LogP contribution in [0, 0.1) is 0 Å². The number of halogens is 4. The molecule has 37 heavy (non-hydrogen) atoms. The van der Waals surface area contributed by atoms with Crippen molar-refractivity contribution >= 4 is 52.7 Å². The van der Waals surface area contributed by atoms with Gasteiger partial charge in [-0.3, -0.25) is 19.1 Å². The first-order valence-electron chi connectivity index (χ1n) is 11.3. The molecule has 3 atom stereocenters. The summed E-state index contributed by atoms with van der Waals surface area (Å²) in [5, 5.41) is 2.92. The highest BCUT2D eigenvalue weighted by Crippen LogP contribution is 2.37. The number of Topliss-reactive ketones (excluding diaryl/α,β-unsaturated/α-hetero) is 1. The molecule has 2 aromatic rings. The van der Waals surface area contributed by atoms with Gasteiger partial charge in [0.05, 0.1) is 22.5 Å². The van der Waals surface area contributed by atoms with Crippen LogP contribution in [0.2, 0.25) is 10.0 Å². The monoisotopic (exact) mass is 565 g/mol. The van der Waals surface area contributed by atoms with Gasteiger partial charge in [-0.05, 0) is 78.8 Å². The quantitative estimate of drug-likeness (QED) is 0.433. The van der Waals surface area contributed by atoms with E-state index < -0.39 is 47.1 Å². The van der Waals surface area contributed by atoms with Gasteiger partial charge in [0.1, 0.15) is 5.54 Å². The molecule has 0 spiro atoms. The maximum Gasteiger partial charge on any atom is 0.247 e. The minimum atomic E-state index is -2.71. The Morgan fingerprint density at radius 3 is 2.68 bits per heavy atom. The topological polar surface area (TPSA) is 101 Å². The van der Waals surface area contributed by atoms with E-state index >= 15 is 4.39 Å². The van der Waals surface area contributed by atoms with E-state index in [1.54, 1.807) is 0 Å². The summed E-state index contributed by atoms with van der Waals surface area (Å²) in [5.41, 5.74) is 2.39. The number of primary amides is 1. The first-order valence-corrected chi connectivity index (χ1v) is 12.9. The van der Waals surface area contributed by atoms with Crippen LogP contribution in [-0.4, -0.2) is 29.3 Å². The maximum absolute atomic E-state index is 16.2. The Balaban J connectivity index is 1.56. The molecular weight excluding hydrogens is 543 g/mol. The van der Waals surface area contributed by atoms with Crippen LogP contribution in [0.3, 0.4) is 0 Å². The fraction of sp³-hybridized carbons (Fsp3) is 0.269. The van der Waals surface area contributed by atoms with Gasteiger partial charge in [-0.2, -0.15) is 0 Å². The number of fused-ring (bicyclic) bond motifs is 1. The van der Waals surface area contributed by atoms with Crippen molar-refractivity contribution in [2.45, 2.75) is 48.3 Å². The second-order valence-corrected chi connectivity index (χ2v) is 10.8. The van der Waals surface area contributed by atoms with Gasteiger partial charge in [0.2, 0.25) is 23.3 Å². The third kappa shape index (κ3) is 5.45. The summed E-state index contributed by atoms with van der Waals surface area (Å²) in [6, 6.07) is 10.8. The lowest BCUT2D eigenvalue weighted by atomic mass is 9.82. The molecule has 2 aliphatic rings. The van der Waals surface area contributed by atoms with Crippen LogP contribution in [0.1, 0.15) is 30.9 Å². The van der Waals surface area contributed by atoms with E-state index in [1.165, 1.54) is 37.1 Å². The summed E-state index contributed by atoms with van der Waals surface area (Å²) in [5.74, 6) is -4.22. The van der Waals surface area contributed by atoms with Crippen molar-refractivity contribution in [1.82, 2.24) is 10.0 Å². The average Bonchev–Trinajstić information content (AvgIpc) is 3.07. The Morgan fingerprint density at radius 2 is 1.97 bits per heavy atom. The van der Waals surface area contributed by atoms with E-state index in [4.69, 9.17) is 28.9 Å². The molecule has 194 valence electrons. The average molecular weight is 566 g/mol. The van der Waals surface area contributed by atoms with E-state index in [0.717, 1.165) is 22.6 Å². The Kier molecular flexibility index (Phi) is 7.80. The van der Waals surface area contributed by atoms with Crippen LogP contribution < -0.4 is 15.8 Å². The zero-order valence-corrected chi connectivity index (χ0v) is 21.9. The number of carbonyl (C=O) groups excluding carboxylic acids is 3. The maximum atomic E-state index is 16.2. The summed E-state index contributed by atoms with van der Waals surface area (Å²) >= 11 is 13.2. The van der Waals surface area contributed by atoms with Crippen molar-refractivity contribution in [1.29, 1.82) is 0 Å². The lowest BCUT2D eigenvalue weighted by Crippen LogP contribution is -2.53. The molecule has 6 nitrogen and oxygen atoms in total. The molecule has 1 aliphatic carbocycles. The molecule has 4 rings (SSSR count). The van der Waals surface area contributed by atoms with Crippen molar-refractivity contribution in [2.24, 2.45) is 5.73 Å². The molecular formula is C26H23Cl2F2N3O3S. The highest BCUT2D eigenvalue weighted by atomic mass is 35.5. The number of rotatable bonds is 6. The molecule has 0 fully saturated rings. The summed E-state index contributed by atoms with van der Waals surface area (Å²) in [6.07, 6.45) is 2.02. The minimum Gasteiger partial charge on any atom is -0.367 e. The molecule has 0 saturated carbocycles. The van der Waals surface area contributed by atoms with Crippen LogP contribution in [-0.2, 0) is 26.3 Å². The molecule has 4 N–H and O–H groups in total. The predicted molar refractivity (Wildman–Crippen MR) is 139 cm³/mol. The Hall–Kier alpha value is -2.72. The van der Waals surface area contributed by atoms with Gasteiger partial charge in [-0.15, -0.1) is 0 Å². The van der Waals surface area contributed by atoms with Gasteiger partial charge in [0.15, 0.2) is 5.83 Å². The van der Waals surface area contributed by atoms with E-state index in [-0.39, 0.29) is 27.6 Å². The van der Waals surface area contributed by atoms with Gasteiger partial charge in [-0.25, -0.2) is 8.78 Å². The lowest BCUT2D eigenvalue weighted by Gasteiger charge is -2.32. The van der Waals surface area contributed by atoms with Gasteiger partial charge in [0.25, 0.3) is 0 Å². The standard InChI is InChI=1S/C26H23Cl2F2N3O3S/c1-25(24(31)36,16-7-8-17(27)18(28)12-16)32-22(34)11-14-10-19(29)23(35)26(30,13-14)21-9-6-15-4-2-3-5-20(15)37-33-21/h2-5,7-8,10,12-13,21,33H,6,9,11H2,1H3,(H2,31,36)(H,32,34)/t21-,25-,26?/m1/s1. The molecule has 0 bridgehead atoms. The van der Waals surface area contributed by atoms with E-state index in [2.05, 4.69) is 10.0 Å². The molecule has 0 radical (unpaired) electrons. The number of aryl methyl sites for hydroxylation is 1. The van der Waals surface area contributed by atoms with Gasteiger partial charge in [0, 0.05) is 4.90 Å². The molecule has 0 aromatic heterocycles. The first-order chi connectivity index (χ1) is 17.4. The number of alkyl halides is 1. The number of hydrogen-bond donors (Lipinski definition) is 3. The number of carbonyl (C=O) groups is 3. The van der Waals surface area contributed by atoms with Crippen LogP contribution in [0.4, 0.5) is 8.78 Å². The fourth-order valence-electron chi connectivity index (χ4n) is 4.34. The molecule has 1 unspecified atom stereocenters. The largest absolute Gasteiger partial charge is 0.367 e. The summed E-state index contributed by atoms with van der Waals surface area (Å²) in [4.78, 5) is 38.8. The number of hydrogen-bond acceptors (Lipinski definition) is 5. The Bertz CT molecular complexity index is 1330.